The van der Waals surface area contributed by atoms with E-state index in [1.807, 2.05) is 44.2 Å². The molecule has 0 bridgehead atoms. The van der Waals surface area contributed by atoms with Crippen molar-refractivity contribution in [3.05, 3.63) is 35.4 Å². The topological polar surface area (TPSA) is 53.2 Å². The average Bonchev–Trinajstić information content (AvgIpc) is 2.30. The van der Waals surface area contributed by atoms with Gasteiger partial charge in [0.15, 0.2) is 0 Å². The van der Waals surface area contributed by atoms with Gasteiger partial charge in [-0.15, -0.1) is 0 Å². The summed E-state index contributed by atoms with van der Waals surface area (Å²) < 4.78 is 16.6. The normalized spacial score (nSPS) is 13.7. The molecule has 0 spiro atoms. The van der Waals surface area contributed by atoms with Gasteiger partial charge >= 0.3 is 0 Å². The zero-order chi connectivity index (χ0) is 12.7. The van der Waals surface area contributed by atoms with Crippen LogP contribution in [0.2, 0.25) is 0 Å². The standard InChI is InChI=1S/C13H18N2OS/c1-3-9-15-17(16,10-8-14)11-13-6-4-12(2)5-7-13/h4-7H,3,9-11H2,1-2H3. The molecular formula is C13H18N2OS. The maximum Gasteiger partial charge on any atom is 0.119 e. The zero-order valence-corrected chi connectivity index (χ0v) is 11.2. The first-order chi connectivity index (χ1) is 8.09. The van der Waals surface area contributed by atoms with E-state index in [-0.39, 0.29) is 5.75 Å². The molecule has 0 aromatic heterocycles. The number of hydrogen-bond acceptors (Lipinski definition) is 3. The van der Waals surface area contributed by atoms with Crippen LogP contribution in [0.3, 0.4) is 0 Å². The van der Waals surface area contributed by atoms with Gasteiger partial charge in [0.25, 0.3) is 0 Å². The van der Waals surface area contributed by atoms with Crippen molar-refractivity contribution in [3.63, 3.8) is 0 Å². The number of benzene rings is 1. The Bertz CT molecular complexity index is 505. The van der Waals surface area contributed by atoms with E-state index in [9.17, 15) is 4.21 Å². The Balaban J connectivity index is 2.91. The van der Waals surface area contributed by atoms with Crippen molar-refractivity contribution in [1.82, 2.24) is 0 Å². The van der Waals surface area contributed by atoms with Gasteiger partial charge in [0.05, 0.1) is 21.6 Å². The van der Waals surface area contributed by atoms with Gasteiger partial charge in [-0.25, -0.2) is 8.57 Å². The van der Waals surface area contributed by atoms with E-state index in [4.69, 9.17) is 5.26 Å². The van der Waals surface area contributed by atoms with Gasteiger partial charge in [0.2, 0.25) is 0 Å². The van der Waals surface area contributed by atoms with Crippen LogP contribution in [0.4, 0.5) is 0 Å². The van der Waals surface area contributed by atoms with Gasteiger partial charge in [-0.05, 0) is 18.9 Å². The quantitative estimate of drug-likeness (QED) is 0.806. The first-order valence-electron chi connectivity index (χ1n) is 5.70. The Kier molecular flexibility index (Phi) is 5.17. The van der Waals surface area contributed by atoms with Crippen LogP contribution in [-0.2, 0) is 15.5 Å². The van der Waals surface area contributed by atoms with Crippen LogP contribution in [0, 0.1) is 18.3 Å². The van der Waals surface area contributed by atoms with Gasteiger partial charge in [0.1, 0.15) is 5.75 Å². The smallest absolute Gasteiger partial charge is 0.119 e. The number of nitriles is 1. The summed E-state index contributed by atoms with van der Waals surface area (Å²) in [6, 6.07) is 9.86. The van der Waals surface area contributed by atoms with Crippen molar-refractivity contribution < 1.29 is 4.21 Å². The van der Waals surface area contributed by atoms with Gasteiger partial charge in [-0.2, -0.15) is 5.26 Å². The molecule has 0 fully saturated rings. The van der Waals surface area contributed by atoms with Gasteiger partial charge in [-0.1, -0.05) is 36.8 Å². The van der Waals surface area contributed by atoms with E-state index >= 15 is 0 Å². The Hall–Kier alpha value is -1.34. The number of hydrogen-bond donors (Lipinski definition) is 0. The van der Waals surface area contributed by atoms with Crippen molar-refractivity contribution in [2.45, 2.75) is 26.0 Å². The Morgan fingerprint density at radius 2 is 2.00 bits per heavy atom. The van der Waals surface area contributed by atoms with E-state index in [0.29, 0.717) is 12.3 Å². The van der Waals surface area contributed by atoms with Crippen LogP contribution in [0.1, 0.15) is 24.5 Å². The fourth-order valence-electron chi connectivity index (χ4n) is 1.45. The van der Waals surface area contributed by atoms with Crippen LogP contribution in [0.15, 0.2) is 28.6 Å². The highest BCUT2D eigenvalue weighted by atomic mass is 32.2. The Labute approximate surface area is 104 Å². The van der Waals surface area contributed by atoms with Crippen molar-refractivity contribution in [2.75, 3.05) is 12.3 Å². The molecule has 1 aromatic rings. The summed E-state index contributed by atoms with van der Waals surface area (Å²) in [5, 5.41) is 8.73. The summed E-state index contributed by atoms with van der Waals surface area (Å²) in [6.07, 6.45) is 0.857. The largest absolute Gasteiger partial charge is 0.248 e. The van der Waals surface area contributed by atoms with Crippen LogP contribution in [0.5, 0.6) is 0 Å². The minimum absolute atomic E-state index is 0.0148. The van der Waals surface area contributed by atoms with Crippen LogP contribution in [-0.4, -0.2) is 16.5 Å². The fourth-order valence-corrected chi connectivity index (χ4v) is 3.16. The SMILES string of the molecule is CCCN=S(=O)(CC#N)Cc1ccc(C)cc1. The monoisotopic (exact) mass is 250 g/mol. The lowest BCUT2D eigenvalue weighted by molar-refractivity contribution is 0.675. The average molecular weight is 250 g/mol. The lowest BCUT2D eigenvalue weighted by Crippen LogP contribution is -2.09. The van der Waals surface area contributed by atoms with E-state index < -0.39 is 9.73 Å². The molecule has 1 unspecified atom stereocenters. The second-order valence-electron chi connectivity index (χ2n) is 4.06. The first-order valence-corrected chi connectivity index (χ1v) is 7.56. The molecule has 0 aliphatic rings. The first kappa shape index (κ1) is 13.7. The molecule has 0 aliphatic carbocycles. The molecule has 0 saturated heterocycles. The highest BCUT2D eigenvalue weighted by molar-refractivity contribution is 7.93. The highest BCUT2D eigenvalue weighted by Gasteiger charge is 2.09. The molecule has 1 aromatic carbocycles. The van der Waals surface area contributed by atoms with Gasteiger partial charge in [0, 0.05) is 6.54 Å². The molecule has 17 heavy (non-hydrogen) atoms. The number of rotatable bonds is 5. The molecule has 0 saturated carbocycles. The predicted molar refractivity (Wildman–Crippen MR) is 71.1 cm³/mol. The molecule has 0 heterocycles. The number of nitrogens with zero attached hydrogens (tertiary/aromatic N) is 2. The molecular weight excluding hydrogens is 232 g/mol. The third-order valence-electron chi connectivity index (χ3n) is 2.35. The van der Waals surface area contributed by atoms with Crippen LogP contribution >= 0.6 is 0 Å². The van der Waals surface area contributed by atoms with Gasteiger partial charge in [-0.3, -0.25) is 0 Å². The molecule has 3 nitrogen and oxygen atoms in total. The molecule has 4 heteroatoms. The highest BCUT2D eigenvalue weighted by Crippen LogP contribution is 2.10. The molecule has 92 valence electrons. The lowest BCUT2D eigenvalue weighted by Gasteiger charge is -2.07. The Morgan fingerprint density at radius 3 is 2.53 bits per heavy atom. The van der Waals surface area contributed by atoms with E-state index in [1.54, 1.807) is 0 Å². The minimum atomic E-state index is -2.40. The minimum Gasteiger partial charge on any atom is -0.248 e. The van der Waals surface area contributed by atoms with Crippen molar-refractivity contribution in [2.24, 2.45) is 4.36 Å². The van der Waals surface area contributed by atoms with E-state index in [2.05, 4.69) is 4.36 Å². The van der Waals surface area contributed by atoms with Crippen LogP contribution < -0.4 is 0 Å². The van der Waals surface area contributed by atoms with E-state index in [0.717, 1.165) is 12.0 Å². The summed E-state index contributed by atoms with van der Waals surface area (Å²) in [7, 11) is -2.40. The third kappa shape index (κ3) is 4.58. The van der Waals surface area contributed by atoms with Gasteiger partial charge < -0.3 is 0 Å². The second kappa shape index (κ2) is 6.41. The summed E-state index contributed by atoms with van der Waals surface area (Å²) in [6.45, 7) is 4.56. The van der Waals surface area contributed by atoms with Crippen molar-refractivity contribution >= 4 is 9.73 Å². The lowest BCUT2D eigenvalue weighted by atomic mass is 10.2. The molecule has 1 atom stereocenters. The molecule has 1 rings (SSSR count). The van der Waals surface area contributed by atoms with Crippen molar-refractivity contribution in [3.8, 4) is 6.07 Å². The van der Waals surface area contributed by atoms with Crippen molar-refractivity contribution in [1.29, 1.82) is 5.26 Å². The van der Waals surface area contributed by atoms with Crippen LogP contribution in [0.25, 0.3) is 0 Å². The zero-order valence-electron chi connectivity index (χ0n) is 10.3. The molecule has 0 amide bonds. The second-order valence-corrected chi connectivity index (χ2v) is 6.44. The number of aryl methyl sites for hydroxylation is 1. The Morgan fingerprint density at radius 1 is 1.35 bits per heavy atom. The maximum absolute atomic E-state index is 12.4. The fraction of sp³-hybridized carbons (Fsp3) is 0.462. The molecule has 0 radical (unpaired) electrons. The summed E-state index contributed by atoms with van der Waals surface area (Å²) in [4.78, 5) is 0. The predicted octanol–water partition coefficient (Wildman–Crippen LogP) is 2.90. The summed E-state index contributed by atoms with van der Waals surface area (Å²) in [5.74, 6) is 0.391. The third-order valence-corrected chi connectivity index (χ3v) is 4.37. The molecule has 0 N–H and O–H groups in total. The van der Waals surface area contributed by atoms with E-state index in [1.165, 1.54) is 5.56 Å². The summed E-state index contributed by atoms with van der Waals surface area (Å²) in [5.41, 5.74) is 2.15. The summed E-state index contributed by atoms with van der Waals surface area (Å²) >= 11 is 0. The molecule has 0 aliphatic heterocycles. The maximum atomic E-state index is 12.4.